The Morgan fingerprint density at radius 3 is 2.48 bits per heavy atom. The highest BCUT2D eigenvalue weighted by Gasteiger charge is 2.34. The Morgan fingerprint density at radius 2 is 1.86 bits per heavy atom. The standard InChI is InChI=1S/C19H27F3N6O/c1-14(2)15-12-16(19(20,21)22)25-18(24-15)28-8-6-26(7-9-28)13-17-23-4-5-27(17)10-11-29-3/h4-5,12,14H,6-11,13H2,1-3H3. The number of halogens is 3. The van der Waals surface area contributed by atoms with Gasteiger partial charge in [0, 0.05) is 57.9 Å². The van der Waals surface area contributed by atoms with Crippen LogP contribution in [-0.2, 0) is 24.0 Å². The zero-order valence-corrected chi connectivity index (χ0v) is 17.0. The molecule has 1 aliphatic rings. The zero-order chi connectivity index (χ0) is 21.0. The van der Waals surface area contributed by atoms with Crippen molar-refractivity contribution in [3.63, 3.8) is 0 Å². The molecule has 0 spiro atoms. The monoisotopic (exact) mass is 412 g/mol. The van der Waals surface area contributed by atoms with Crippen molar-refractivity contribution < 1.29 is 17.9 Å². The van der Waals surface area contributed by atoms with Crippen molar-refractivity contribution in [3.8, 4) is 0 Å². The lowest BCUT2D eigenvalue weighted by atomic mass is 10.1. The average Bonchev–Trinajstić information content (AvgIpc) is 3.12. The van der Waals surface area contributed by atoms with Crippen LogP contribution in [0, 0.1) is 0 Å². The van der Waals surface area contributed by atoms with Crippen molar-refractivity contribution in [2.45, 2.75) is 39.0 Å². The average molecular weight is 412 g/mol. The summed E-state index contributed by atoms with van der Waals surface area (Å²) >= 11 is 0. The Bertz CT molecular complexity index is 799. The molecular weight excluding hydrogens is 385 g/mol. The number of anilines is 1. The van der Waals surface area contributed by atoms with Crippen molar-refractivity contribution in [3.05, 3.63) is 35.7 Å². The molecule has 1 saturated heterocycles. The van der Waals surface area contributed by atoms with E-state index in [1.54, 1.807) is 13.3 Å². The molecule has 3 heterocycles. The molecule has 0 radical (unpaired) electrons. The fourth-order valence-electron chi connectivity index (χ4n) is 3.23. The van der Waals surface area contributed by atoms with E-state index in [2.05, 4.69) is 24.4 Å². The molecular formula is C19H27F3N6O. The number of methoxy groups -OCH3 is 1. The summed E-state index contributed by atoms with van der Waals surface area (Å²) in [4.78, 5) is 16.7. The van der Waals surface area contributed by atoms with Gasteiger partial charge in [0.2, 0.25) is 5.95 Å². The molecule has 7 nitrogen and oxygen atoms in total. The molecule has 0 N–H and O–H groups in total. The third-order valence-electron chi connectivity index (χ3n) is 4.97. The van der Waals surface area contributed by atoms with Crippen LogP contribution >= 0.6 is 0 Å². The second-order valence-electron chi connectivity index (χ2n) is 7.42. The van der Waals surface area contributed by atoms with E-state index in [0.29, 0.717) is 45.0 Å². The highest BCUT2D eigenvalue weighted by Crippen LogP contribution is 2.31. The minimum atomic E-state index is -4.48. The van der Waals surface area contributed by atoms with E-state index in [0.717, 1.165) is 18.4 Å². The maximum atomic E-state index is 13.2. The van der Waals surface area contributed by atoms with Gasteiger partial charge >= 0.3 is 6.18 Å². The maximum Gasteiger partial charge on any atom is 0.433 e. The summed E-state index contributed by atoms with van der Waals surface area (Å²) in [6.07, 6.45) is -0.790. The first-order chi connectivity index (χ1) is 13.8. The molecule has 10 heteroatoms. The van der Waals surface area contributed by atoms with E-state index in [9.17, 15) is 13.2 Å². The SMILES string of the molecule is COCCn1ccnc1CN1CCN(c2nc(C(C)C)cc(C(F)(F)F)n2)CC1. The van der Waals surface area contributed by atoms with Gasteiger partial charge in [0.05, 0.1) is 13.2 Å². The lowest BCUT2D eigenvalue weighted by molar-refractivity contribution is -0.141. The zero-order valence-electron chi connectivity index (χ0n) is 17.0. The largest absolute Gasteiger partial charge is 0.433 e. The lowest BCUT2D eigenvalue weighted by Gasteiger charge is -2.35. The maximum absolute atomic E-state index is 13.2. The smallest absolute Gasteiger partial charge is 0.383 e. The van der Waals surface area contributed by atoms with E-state index in [1.807, 2.05) is 24.9 Å². The molecule has 0 bridgehead atoms. The number of alkyl halides is 3. The van der Waals surface area contributed by atoms with Crippen molar-refractivity contribution in [1.82, 2.24) is 24.4 Å². The van der Waals surface area contributed by atoms with E-state index in [-0.39, 0.29) is 11.9 Å². The molecule has 2 aromatic heterocycles. The molecule has 29 heavy (non-hydrogen) atoms. The topological polar surface area (TPSA) is 59.3 Å². The number of imidazole rings is 1. The summed E-state index contributed by atoms with van der Waals surface area (Å²) in [5, 5.41) is 0. The third kappa shape index (κ3) is 5.45. The fourth-order valence-corrected chi connectivity index (χ4v) is 3.23. The van der Waals surface area contributed by atoms with E-state index >= 15 is 0 Å². The molecule has 0 saturated carbocycles. The van der Waals surface area contributed by atoms with Crippen LogP contribution in [0.15, 0.2) is 18.5 Å². The highest BCUT2D eigenvalue weighted by atomic mass is 19.4. The van der Waals surface area contributed by atoms with Gasteiger partial charge < -0.3 is 14.2 Å². The second kappa shape index (κ2) is 9.08. The van der Waals surface area contributed by atoms with Crippen molar-refractivity contribution >= 4 is 5.95 Å². The van der Waals surface area contributed by atoms with Crippen LogP contribution in [0.3, 0.4) is 0 Å². The molecule has 2 aromatic rings. The normalized spacial score (nSPS) is 16.0. The van der Waals surface area contributed by atoms with Crippen LogP contribution in [0.2, 0.25) is 0 Å². The Hall–Kier alpha value is -2.20. The van der Waals surface area contributed by atoms with E-state index in [1.165, 1.54) is 0 Å². The predicted molar refractivity (Wildman–Crippen MR) is 103 cm³/mol. The minimum absolute atomic E-state index is 0.106. The second-order valence-corrected chi connectivity index (χ2v) is 7.42. The molecule has 160 valence electrons. The number of nitrogens with zero attached hydrogens (tertiary/aromatic N) is 6. The molecule has 0 aliphatic carbocycles. The lowest BCUT2D eigenvalue weighted by Crippen LogP contribution is -2.47. The van der Waals surface area contributed by atoms with Crippen molar-refractivity contribution in [1.29, 1.82) is 0 Å². The first kappa shape index (κ1) is 21.5. The number of ether oxygens (including phenoxy) is 1. The molecule has 0 amide bonds. The van der Waals surface area contributed by atoms with Gasteiger partial charge in [-0.15, -0.1) is 0 Å². The molecule has 0 unspecified atom stereocenters. The highest BCUT2D eigenvalue weighted by molar-refractivity contribution is 5.35. The number of rotatable bonds is 7. The number of aromatic nitrogens is 4. The van der Waals surface area contributed by atoms with Gasteiger partial charge in [0.15, 0.2) is 0 Å². The molecule has 0 atom stereocenters. The minimum Gasteiger partial charge on any atom is -0.383 e. The van der Waals surface area contributed by atoms with Gasteiger partial charge in [-0.3, -0.25) is 4.90 Å². The molecule has 0 aromatic carbocycles. The summed E-state index contributed by atoms with van der Waals surface area (Å²) in [5.41, 5.74) is -0.473. The van der Waals surface area contributed by atoms with E-state index < -0.39 is 11.9 Å². The van der Waals surface area contributed by atoms with Gasteiger partial charge in [-0.2, -0.15) is 13.2 Å². The van der Waals surface area contributed by atoms with Gasteiger partial charge in [0.25, 0.3) is 0 Å². The van der Waals surface area contributed by atoms with Crippen LogP contribution in [-0.4, -0.2) is 64.3 Å². The summed E-state index contributed by atoms with van der Waals surface area (Å²) in [6.45, 7) is 8.23. The van der Waals surface area contributed by atoms with Crippen LogP contribution < -0.4 is 4.90 Å². The third-order valence-corrected chi connectivity index (χ3v) is 4.97. The van der Waals surface area contributed by atoms with Crippen LogP contribution in [0.5, 0.6) is 0 Å². The van der Waals surface area contributed by atoms with E-state index in [4.69, 9.17) is 4.74 Å². The Balaban J connectivity index is 1.66. The van der Waals surface area contributed by atoms with Gasteiger partial charge in [-0.25, -0.2) is 15.0 Å². The van der Waals surface area contributed by atoms with Gasteiger partial charge in [-0.05, 0) is 12.0 Å². The summed E-state index contributed by atoms with van der Waals surface area (Å²) in [7, 11) is 1.66. The molecule has 1 aliphatic heterocycles. The number of hydrogen-bond donors (Lipinski definition) is 0. The summed E-state index contributed by atoms with van der Waals surface area (Å²) < 4.78 is 46.9. The van der Waals surface area contributed by atoms with Crippen LogP contribution in [0.25, 0.3) is 0 Å². The number of piperazine rings is 1. The first-order valence-electron chi connectivity index (χ1n) is 9.70. The summed E-state index contributed by atoms with van der Waals surface area (Å²) in [5.74, 6) is 1.00. The van der Waals surface area contributed by atoms with Crippen LogP contribution in [0.1, 0.15) is 37.0 Å². The molecule has 3 rings (SSSR count). The predicted octanol–water partition coefficient (Wildman–Crippen LogP) is 2.78. The van der Waals surface area contributed by atoms with Crippen LogP contribution in [0.4, 0.5) is 19.1 Å². The van der Waals surface area contributed by atoms with Gasteiger partial charge in [0.1, 0.15) is 11.5 Å². The quantitative estimate of drug-likeness (QED) is 0.697. The Kier molecular flexibility index (Phi) is 6.74. The molecule has 1 fully saturated rings. The Labute approximate surface area is 168 Å². The van der Waals surface area contributed by atoms with Gasteiger partial charge in [-0.1, -0.05) is 13.8 Å². The fraction of sp³-hybridized carbons (Fsp3) is 0.632. The van der Waals surface area contributed by atoms with Crippen molar-refractivity contribution in [2.75, 3.05) is 44.8 Å². The number of hydrogen-bond acceptors (Lipinski definition) is 6. The van der Waals surface area contributed by atoms with Crippen molar-refractivity contribution in [2.24, 2.45) is 0 Å². The Morgan fingerprint density at radius 1 is 1.14 bits per heavy atom. The summed E-state index contributed by atoms with van der Waals surface area (Å²) in [6, 6.07) is 1.05. The first-order valence-corrected chi connectivity index (χ1v) is 9.70.